The molecule has 0 aromatic heterocycles. The second-order valence-electron chi connectivity index (χ2n) is 7.48. The molecule has 0 bridgehead atoms. The van der Waals surface area contributed by atoms with Crippen LogP contribution in [0.25, 0.3) is 0 Å². The normalized spacial score (nSPS) is 10.6. The molecule has 0 heterocycles. The van der Waals surface area contributed by atoms with E-state index in [2.05, 4.69) is 16.0 Å². The van der Waals surface area contributed by atoms with Gasteiger partial charge in [0, 0.05) is 23.5 Å². The fourth-order valence-corrected chi connectivity index (χ4v) is 3.30. The minimum Gasteiger partial charge on any atom is -0.352 e. The number of amides is 3. The van der Waals surface area contributed by atoms with Crippen LogP contribution in [0.5, 0.6) is 0 Å². The van der Waals surface area contributed by atoms with Crippen molar-refractivity contribution in [1.82, 2.24) is 10.2 Å². The van der Waals surface area contributed by atoms with E-state index in [-0.39, 0.29) is 30.8 Å². The first-order valence-corrected chi connectivity index (χ1v) is 9.94. The summed E-state index contributed by atoms with van der Waals surface area (Å²) in [5, 5.41) is 8.42. The predicted octanol–water partition coefficient (Wildman–Crippen LogP) is 2.87. The summed E-state index contributed by atoms with van der Waals surface area (Å²) in [5.74, 6) is -0.635. The highest BCUT2D eigenvalue weighted by atomic mass is 16.2. The van der Waals surface area contributed by atoms with E-state index in [4.69, 9.17) is 0 Å². The van der Waals surface area contributed by atoms with E-state index >= 15 is 0 Å². The van der Waals surface area contributed by atoms with Gasteiger partial charge < -0.3 is 16.0 Å². The molecular weight excluding hydrogens is 380 g/mol. The summed E-state index contributed by atoms with van der Waals surface area (Å²) in [6.07, 6.45) is 0. The van der Waals surface area contributed by atoms with Crippen LogP contribution in [0.1, 0.15) is 34.0 Å². The number of aryl methyl sites for hydroxylation is 3. The van der Waals surface area contributed by atoms with Crippen molar-refractivity contribution < 1.29 is 14.4 Å². The Labute approximate surface area is 177 Å². The van der Waals surface area contributed by atoms with Crippen LogP contribution in [0.4, 0.5) is 11.4 Å². The van der Waals surface area contributed by atoms with Crippen LogP contribution in [0.15, 0.2) is 36.4 Å². The number of hydrogen-bond donors (Lipinski definition) is 3. The highest BCUT2D eigenvalue weighted by molar-refractivity contribution is 5.98. The van der Waals surface area contributed by atoms with Crippen molar-refractivity contribution in [2.45, 2.75) is 27.7 Å². The average Bonchev–Trinajstić information content (AvgIpc) is 2.64. The number of anilines is 2. The zero-order chi connectivity index (χ0) is 22.3. The lowest BCUT2D eigenvalue weighted by molar-refractivity contribution is -0.119. The molecule has 0 aliphatic heterocycles. The fraction of sp³-hybridized carbons (Fsp3) is 0.348. The molecule has 3 amide bonds. The Morgan fingerprint density at radius 3 is 2.10 bits per heavy atom. The predicted molar refractivity (Wildman–Crippen MR) is 120 cm³/mol. The van der Waals surface area contributed by atoms with E-state index in [9.17, 15) is 14.4 Å². The Kier molecular flexibility index (Phi) is 8.12. The average molecular weight is 411 g/mol. The third-order valence-electron chi connectivity index (χ3n) is 4.51. The number of carbonyl (C=O) groups is 3. The van der Waals surface area contributed by atoms with E-state index in [0.717, 1.165) is 22.4 Å². The zero-order valence-electron chi connectivity index (χ0n) is 18.3. The standard InChI is InChI=1S/C23H30N4O3/c1-6-24-23(30)18-8-7-9-19(12-18)25-20(28)13-27(5)14-21(29)26-22-16(3)10-15(2)11-17(22)4/h7-12H,6,13-14H2,1-5H3,(H,24,30)(H,25,28)(H,26,29). The molecule has 0 fully saturated rings. The van der Waals surface area contributed by atoms with Crippen molar-refractivity contribution in [2.24, 2.45) is 0 Å². The largest absolute Gasteiger partial charge is 0.352 e. The second-order valence-corrected chi connectivity index (χ2v) is 7.48. The molecule has 0 saturated heterocycles. The maximum atomic E-state index is 12.4. The number of likely N-dealkylation sites (N-methyl/N-ethyl adjacent to an activating group) is 1. The Morgan fingerprint density at radius 2 is 1.50 bits per heavy atom. The SMILES string of the molecule is CCNC(=O)c1cccc(NC(=O)CN(C)CC(=O)Nc2c(C)cc(C)cc2C)c1. The quantitative estimate of drug-likeness (QED) is 0.624. The maximum absolute atomic E-state index is 12.4. The number of carbonyl (C=O) groups excluding carboxylic acids is 3. The summed E-state index contributed by atoms with van der Waals surface area (Å²) < 4.78 is 0. The first-order chi connectivity index (χ1) is 14.2. The van der Waals surface area contributed by atoms with Gasteiger partial charge >= 0.3 is 0 Å². The van der Waals surface area contributed by atoms with Gasteiger partial charge in [0.2, 0.25) is 11.8 Å². The van der Waals surface area contributed by atoms with Crippen molar-refractivity contribution >= 4 is 29.1 Å². The van der Waals surface area contributed by atoms with Crippen LogP contribution in [0.3, 0.4) is 0 Å². The highest BCUT2D eigenvalue weighted by Gasteiger charge is 2.14. The second kappa shape index (κ2) is 10.5. The van der Waals surface area contributed by atoms with E-state index in [1.807, 2.05) is 39.8 Å². The van der Waals surface area contributed by atoms with Crippen LogP contribution in [-0.4, -0.2) is 49.3 Å². The third kappa shape index (κ3) is 6.70. The van der Waals surface area contributed by atoms with Crippen molar-refractivity contribution in [3.8, 4) is 0 Å². The summed E-state index contributed by atoms with van der Waals surface area (Å²) in [6.45, 7) is 8.44. The van der Waals surface area contributed by atoms with Crippen molar-refractivity contribution in [2.75, 3.05) is 37.3 Å². The summed E-state index contributed by atoms with van der Waals surface area (Å²) >= 11 is 0. The van der Waals surface area contributed by atoms with Gasteiger partial charge in [0.1, 0.15) is 0 Å². The smallest absolute Gasteiger partial charge is 0.251 e. The molecule has 0 saturated carbocycles. The van der Waals surface area contributed by atoms with Gasteiger partial charge in [0.05, 0.1) is 13.1 Å². The Morgan fingerprint density at radius 1 is 0.900 bits per heavy atom. The highest BCUT2D eigenvalue weighted by Crippen LogP contribution is 2.21. The Hall–Kier alpha value is -3.19. The Balaban J connectivity index is 1.90. The van der Waals surface area contributed by atoms with Crippen molar-refractivity contribution in [3.05, 3.63) is 58.7 Å². The molecule has 0 unspecified atom stereocenters. The van der Waals surface area contributed by atoms with E-state index in [1.54, 1.807) is 36.2 Å². The van der Waals surface area contributed by atoms with Crippen molar-refractivity contribution in [3.63, 3.8) is 0 Å². The lowest BCUT2D eigenvalue weighted by Crippen LogP contribution is -2.36. The van der Waals surface area contributed by atoms with Gasteiger partial charge in [0.25, 0.3) is 5.91 Å². The van der Waals surface area contributed by atoms with E-state index < -0.39 is 0 Å². The first kappa shape index (κ1) is 23.1. The fourth-order valence-electron chi connectivity index (χ4n) is 3.30. The van der Waals surface area contributed by atoms with Gasteiger partial charge in [-0.2, -0.15) is 0 Å². The number of hydrogen-bond acceptors (Lipinski definition) is 4. The molecule has 160 valence electrons. The van der Waals surface area contributed by atoms with E-state index in [0.29, 0.717) is 17.8 Å². The summed E-state index contributed by atoms with van der Waals surface area (Å²) in [7, 11) is 1.71. The van der Waals surface area contributed by atoms with Crippen LogP contribution in [0.2, 0.25) is 0 Å². The monoisotopic (exact) mass is 410 g/mol. The molecule has 2 rings (SSSR count). The lowest BCUT2D eigenvalue weighted by atomic mass is 10.1. The minimum atomic E-state index is -0.263. The van der Waals surface area contributed by atoms with Gasteiger partial charge in [-0.05, 0) is 64.1 Å². The zero-order valence-corrected chi connectivity index (χ0v) is 18.3. The number of nitrogens with zero attached hydrogens (tertiary/aromatic N) is 1. The molecule has 3 N–H and O–H groups in total. The van der Waals surface area contributed by atoms with Crippen LogP contribution >= 0.6 is 0 Å². The number of benzene rings is 2. The lowest BCUT2D eigenvalue weighted by Gasteiger charge is -2.18. The van der Waals surface area contributed by atoms with Crippen LogP contribution in [0, 0.1) is 20.8 Å². The molecule has 2 aromatic rings. The molecule has 0 spiro atoms. The molecule has 0 aliphatic rings. The molecule has 0 radical (unpaired) electrons. The molecule has 0 atom stereocenters. The first-order valence-electron chi connectivity index (χ1n) is 9.94. The summed E-state index contributed by atoms with van der Waals surface area (Å²) in [4.78, 5) is 38.3. The van der Waals surface area contributed by atoms with Crippen LogP contribution in [-0.2, 0) is 9.59 Å². The number of rotatable bonds is 8. The van der Waals surface area contributed by atoms with Gasteiger partial charge in [-0.3, -0.25) is 19.3 Å². The topological polar surface area (TPSA) is 90.5 Å². The minimum absolute atomic E-state index is 0.0463. The molecule has 30 heavy (non-hydrogen) atoms. The summed E-state index contributed by atoms with van der Waals surface area (Å²) in [6, 6.07) is 10.8. The van der Waals surface area contributed by atoms with Gasteiger partial charge in [-0.25, -0.2) is 0 Å². The maximum Gasteiger partial charge on any atom is 0.251 e. The third-order valence-corrected chi connectivity index (χ3v) is 4.51. The summed E-state index contributed by atoms with van der Waals surface area (Å²) in [5.41, 5.74) is 4.99. The molecule has 7 nitrogen and oxygen atoms in total. The molecule has 7 heteroatoms. The van der Waals surface area contributed by atoms with Crippen LogP contribution < -0.4 is 16.0 Å². The van der Waals surface area contributed by atoms with Gasteiger partial charge in [0.15, 0.2) is 0 Å². The molecular formula is C23H30N4O3. The van der Waals surface area contributed by atoms with E-state index in [1.165, 1.54) is 0 Å². The Bertz CT molecular complexity index is 917. The van der Waals surface area contributed by atoms with Gasteiger partial charge in [-0.15, -0.1) is 0 Å². The molecule has 2 aromatic carbocycles. The molecule has 0 aliphatic carbocycles. The number of nitrogens with one attached hydrogen (secondary N) is 3. The van der Waals surface area contributed by atoms with Crippen molar-refractivity contribution in [1.29, 1.82) is 0 Å². The van der Waals surface area contributed by atoms with Gasteiger partial charge in [-0.1, -0.05) is 23.8 Å².